The van der Waals surface area contributed by atoms with Gasteiger partial charge < -0.3 is 15.0 Å². The number of ether oxygens (including phenoxy) is 1. The average molecular weight is 284 g/mol. The molecule has 5 heteroatoms. The van der Waals surface area contributed by atoms with Crippen molar-refractivity contribution in [2.75, 3.05) is 19.6 Å². The number of thiocarbonyl (C=S) groups is 1. The quantitative estimate of drug-likeness (QED) is 0.695. The zero-order valence-corrected chi connectivity index (χ0v) is 12.9. The third-order valence-electron chi connectivity index (χ3n) is 3.99. The van der Waals surface area contributed by atoms with Crippen LogP contribution in [-0.2, 0) is 4.74 Å². The van der Waals surface area contributed by atoms with E-state index in [1.54, 1.807) is 0 Å². The van der Waals surface area contributed by atoms with Crippen LogP contribution in [0.1, 0.15) is 46.5 Å². The summed E-state index contributed by atoms with van der Waals surface area (Å²) in [5.74, 6) is 0. The molecule has 2 saturated heterocycles. The van der Waals surface area contributed by atoms with Gasteiger partial charge in [0.2, 0.25) is 0 Å². The highest BCUT2D eigenvalue weighted by molar-refractivity contribution is 7.80. The van der Waals surface area contributed by atoms with Gasteiger partial charge in [0.25, 0.3) is 0 Å². The van der Waals surface area contributed by atoms with E-state index in [9.17, 15) is 4.79 Å². The molecule has 0 aliphatic carbocycles. The van der Waals surface area contributed by atoms with Crippen molar-refractivity contribution in [1.82, 2.24) is 10.2 Å². The Labute approximate surface area is 120 Å². The van der Waals surface area contributed by atoms with Crippen LogP contribution < -0.4 is 5.32 Å². The molecular formula is C14H24N2O2S. The molecule has 0 unspecified atom stereocenters. The molecule has 1 spiro atoms. The maximum atomic E-state index is 12.0. The van der Waals surface area contributed by atoms with Gasteiger partial charge in [-0.3, -0.25) is 0 Å². The Balaban J connectivity index is 1.88. The van der Waals surface area contributed by atoms with Crippen LogP contribution in [0, 0.1) is 5.41 Å². The maximum absolute atomic E-state index is 12.0. The molecule has 4 nitrogen and oxygen atoms in total. The van der Waals surface area contributed by atoms with Crippen molar-refractivity contribution in [2.24, 2.45) is 5.41 Å². The molecule has 0 bridgehead atoms. The molecule has 2 aliphatic rings. The molecule has 0 aromatic heterocycles. The molecule has 0 saturated carbocycles. The van der Waals surface area contributed by atoms with Crippen molar-refractivity contribution in [2.45, 2.75) is 52.1 Å². The summed E-state index contributed by atoms with van der Waals surface area (Å²) in [7, 11) is 0. The smallest absolute Gasteiger partial charge is 0.410 e. The summed E-state index contributed by atoms with van der Waals surface area (Å²) in [5, 5.41) is 3.24. The van der Waals surface area contributed by atoms with Crippen LogP contribution >= 0.6 is 12.2 Å². The van der Waals surface area contributed by atoms with Crippen LogP contribution in [0.4, 0.5) is 4.79 Å². The fourth-order valence-corrected chi connectivity index (χ4v) is 3.28. The van der Waals surface area contributed by atoms with Crippen LogP contribution in [0.5, 0.6) is 0 Å². The number of carbonyl (C=O) groups excluding carboxylic acids is 1. The van der Waals surface area contributed by atoms with E-state index in [4.69, 9.17) is 17.0 Å². The lowest BCUT2D eigenvalue weighted by Gasteiger charge is -2.44. The summed E-state index contributed by atoms with van der Waals surface area (Å²) in [6.45, 7) is 8.27. The van der Waals surface area contributed by atoms with Gasteiger partial charge in [0.05, 0.1) is 4.99 Å². The number of piperidine rings is 2. The number of rotatable bonds is 0. The average Bonchev–Trinajstić information content (AvgIpc) is 2.27. The Morgan fingerprint density at radius 2 is 1.95 bits per heavy atom. The molecule has 1 N–H and O–H groups in total. The van der Waals surface area contributed by atoms with Crippen molar-refractivity contribution in [3.05, 3.63) is 0 Å². The predicted molar refractivity (Wildman–Crippen MR) is 79.3 cm³/mol. The fraction of sp³-hybridized carbons (Fsp3) is 0.857. The number of carbonyl (C=O) groups is 1. The van der Waals surface area contributed by atoms with Crippen molar-refractivity contribution in [3.8, 4) is 0 Å². The molecule has 2 fully saturated rings. The lowest BCUT2D eigenvalue weighted by Crippen LogP contribution is -2.49. The molecule has 2 heterocycles. The second-order valence-corrected chi connectivity index (χ2v) is 7.24. The molecule has 0 radical (unpaired) electrons. The first-order chi connectivity index (χ1) is 8.80. The first-order valence-corrected chi connectivity index (χ1v) is 7.45. The van der Waals surface area contributed by atoms with Gasteiger partial charge in [-0.05, 0) is 45.4 Å². The SMILES string of the molecule is CC(C)(C)OC(=O)N1CCC2(CCNC(=S)C2)CC1. The maximum Gasteiger partial charge on any atom is 0.410 e. The van der Waals surface area contributed by atoms with Gasteiger partial charge in [0.1, 0.15) is 5.60 Å². The van der Waals surface area contributed by atoms with E-state index >= 15 is 0 Å². The number of hydrogen-bond acceptors (Lipinski definition) is 3. The summed E-state index contributed by atoms with van der Waals surface area (Å²) in [6, 6.07) is 0. The highest BCUT2D eigenvalue weighted by Gasteiger charge is 2.39. The third-order valence-corrected chi connectivity index (χ3v) is 4.28. The second kappa shape index (κ2) is 5.27. The number of hydrogen-bond donors (Lipinski definition) is 1. The largest absolute Gasteiger partial charge is 0.444 e. The fourth-order valence-electron chi connectivity index (χ4n) is 2.88. The lowest BCUT2D eigenvalue weighted by molar-refractivity contribution is 0.00917. The standard InChI is InChI=1S/C14H24N2O2S/c1-13(2,3)18-12(17)16-8-5-14(6-9-16)4-7-15-11(19)10-14/h4-10H2,1-3H3,(H,15,19). The Bertz CT molecular complexity index is 368. The van der Waals surface area contributed by atoms with E-state index in [1.807, 2.05) is 25.7 Å². The molecule has 1 amide bonds. The Morgan fingerprint density at radius 3 is 2.47 bits per heavy atom. The minimum Gasteiger partial charge on any atom is -0.444 e. The number of likely N-dealkylation sites (tertiary alicyclic amines) is 1. The molecular weight excluding hydrogens is 260 g/mol. The summed E-state index contributed by atoms with van der Waals surface area (Å²) >= 11 is 5.30. The second-order valence-electron chi connectivity index (χ2n) is 6.74. The summed E-state index contributed by atoms with van der Waals surface area (Å²) in [4.78, 5) is 14.8. The van der Waals surface area contributed by atoms with Gasteiger partial charge in [-0.1, -0.05) is 12.2 Å². The lowest BCUT2D eigenvalue weighted by atomic mass is 9.71. The van der Waals surface area contributed by atoms with Gasteiger partial charge in [-0.25, -0.2) is 4.79 Å². The molecule has 0 aromatic rings. The van der Waals surface area contributed by atoms with Gasteiger partial charge in [-0.15, -0.1) is 0 Å². The van der Waals surface area contributed by atoms with Crippen LogP contribution in [0.15, 0.2) is 0 Å². The Morgan fingerprint density at radius 1 is 1.32 bits per heavy atom. The first-order valence-electron chi connectivity index (χ1n) is 7.04. The minimum atomic E-state index is -0.414. The van der Waals surface area contributed by atoms with E-state index in [2.05, 4.69) is 5.32 Å². The van der Waals surface area contributed by atoms with E-state index in [1.165, 1.54) is 0 Å². The van der Waals surface area contributed by atoms with Crippen molar-refractivity contribution >= 4 is 23.3 Å². The van der Waals surface area contributed by atoms with E-state index in [0.717, 1.165) is 50.3 Å². The normalized spacial score (nSPS) is 23.1. The zero-order chi connectivity index (χ0) is 14.1. The van der Waals surface area contributed by atoms with Crippen molar-refractivity contribution in [1.29, 1.82) is 0 Å². The molecule has 0 aromatic carbocycles. The van der Waals surface area contributed by atoms with Gasteiger partial charge in [0.15, 0.2) is 0 Å². The van der Waals surface area contributed by atoms with E-state index in [-0.39, 0.29) is 6.09 Å². The van der Waals surface area contributed by atoms with Crippen molar-refractivity contribution < 1.29 is 9.53 Å². The van der Waals surface area contributed by atoms with E-state index in [0.29, 0.717) is 5.41 Å². The highest BCUT2D eigenvalue weighted by Crippen LogP contribution is 2.40. The predicted octanol–water partition coefficient (Wildman–Crippen LogP) is 2.71. The molecule has 2 rings (SSSR count). The zero-order valence-electron chi connectivity index (χ0n) is 12.1. The molecule has 108 valence electrons. The minimum absolute atomic E-state index is 0.182. The topological polar surface area (TPSA) is 41.6 Å². The monoisotopic (exact) mass is 284 g/mol. The summed E-state index contributed by atoms with van der Waals surface area (Å²) in [5.41, 5.74) is -0.0939. The Kier molecular flexibility index (Phi) is 4.04. The number of amides is 1. The Hall–Kier alpha value is -0.840. The third kappa shape index (κ3) is 3.81. The van der Waals surface area contributed by atoms with Gasteiger partial charge >= 0.3 is 6.09 Å². The molecule has 0 atom stereocenters. The number of nitrogens with zero attached hydrogens (tertiary/aromatic N) is 1. The van der Waals surface area contributed by atoms with Crippen LogP contribution in [-0.4, -0.2) is 41.2 Å². The molecule has 2 aliphatic heterocycles. The van der Waals surface area contributed by atoms with Crippen LogP contribution in [0.2, 0.25) is 0 Å². The number of nitrogens with one attached hydrogen (secondary N) is 1. The van der Waals surface area contributed by atoms with E-state index < -0.39 is 5.60 Å². The van der Waals surface area contributed by atoms with Crippen LogP contribution in [0.25, 0.3) is 0 Å². The summed E-state index contributed by atoms with van der Waals surface area (Å²) in [6.07, 6.45) is 4.03. The summed E-state index contributed by atoms with van der Waals surface area (Å²) < 4.78 is 5.42. The molecule has 19 heavy (non-hydrogen) atoms. The van der Waals surface area contributed by atoms with Gasteiger partial charge in [0, 0.05) is 26.1 Å². The van der Waals surface area contributed by atoms with Gasteiger partial charge in [-0.2, -0.15) is 0 Å². The highest BCUT2D eigenvalue weighted by atomic mass is 32.1. The first kappa shape index (κ1) is 14.6. The van der Waals surface area contributed by atoms with Crippen molar-refractivity contribution in [3.63, 3.8) is 0 Å². The van der Waals surface area contributed by atoms with Crippen LogP contribution in [0.3, 0.4) is 0 Å².